The first-order valence-corrected chi connectivity index (χ1v) is 13.1. The maximum Gasteiger partial charge on any atom is 0.476 e. The fourth-order valence-corrected chi connectivity index (χ4v) is 6.32. The smallest absolute Gasteiger partial charge is 0.476 e. The predicted octanol–water partition coefficient (Wildman–Crippen LogP) is -0.695. The number of phosphoric ester groups is 1. The number of nitrogens with zero attached hydrogens (tertiary/aromatic N) is 3. The molecule has 3 rings (SSSR count). The van der Waals surface area contributed by atoms with Crippen molar-refractivity contribution in [2.45, 2.75) is 37.7 Å². The van der Waals surface area contributed by atoms with Gasteiger partial charge < -0.3 is 44.2 Å². The molecule has 1 aliphatic heterocycles. The van der Waals surface area contributed by atoms with E-state index in [-0.39, 0.29) is 12.2 Å². The van der Waals surface area contributed by atoms with Crippen molar-refractivity contribution in [2.75, 3.05) is 12.3 Å². The monoisotopic (exact) mass is 516 g/mol. The van der Waals surface area contributed by atoms with Gasteiger partial charge in [-0.1, -0.05) is 0 Å². The fraction of sp³-hybridized carbons (Fsp3) is 0.538. The van der Waals surface area contributed by atoms with E-state index >= 15 is 0 Å². The lowest BCUT2D eigenvalue weighted by Crippen LogP contribution is -2.42. The van der Waals surface area contributed by atoms with Gasteiger partial charge in [-0.25, -0.2) is 23.2 Å². The summed E-state index contributed by atoms with van der Waals surface area (Å²) < 4.78 is 52.7. The maximum absolute atomic E-state index is 11.8. The molecule has 0 aliphatic carbocycles. The number of phosphoric acid groups is 3. The summed E-state index contributed by atoms with van der Waals surface area (Å²) >= 11 is 0. The van der Waals surface area contributed by atoms with Crippen molar-refractivity contribution in [2.24, 2.45) is 0 Å². The molecule has 1 aliphatic rings. The number of fused-ring (bicyclic) bond motifs is 1. The molecule has 5 atom stereocenters. The van der Waals surface area contributed by atoms with Crippen LogP contribution < -0.4 is 15.5 Å². The molecular formula is C13H19N4O12P3-2. The van der Waals surface area contributed by atoms with E-state index in [2.05, 4.69) is 23.1 Å². The van der Waals surface area contributed by atoms with E-state index in [9.17, 15) is 28.6 Å². The van der Waals surface area contributed by atoms with Crippen LogP contribution >= 0.6 is 23.5 Å². The predicted molar refractivity (Wildman–Crippen MR) is 101 cm³/mol. The number of nitrogen functional groups attached to an aromatic ring is 1. The summed E-state index contributed by atoms with van der Waals surface area (Å²) in [6.45, 7) is 1.99. The summed E-state index contributed by atoms with van der Waals surface area (Å²) in [6.07, 6.45) is 1.47. The fourth-order valence-electron chi connectivity index (χ4n) is 3.31. The van der Waals surface area contributed by atoms with E-state index in [4.69, 9.17) is 20.3 Å². The van der Waals surface area contributed by atoms with Crippen LogP contribution in [0.1, 0.15) is 20.3 Å². The SMILES string of the molecule is C[C@]1(COP(=O)([O-])OP(=O)([O-])OP(=O)(O)O)O[C@@](C)(n2ccc3c(N)ncnc32)CC1O. The number of aromatic nitrogens is 3. The third kappa shape index (κ3) is 5.45. The van der Waals surface area contributed by atoms with Gasteiger partial charge in [0.25, 0.3) is 15.6 Å². The van der Waals surface area contributed by atoms with E-state index in [0.29, 0.717) is 11.0 Å². The minimum atomic E-state index is -5.98. The van der Waals surface area contributed by atoms with Crippen LogP contribution in [-0.4, -0.2) is 47.7 Å². The molecule has 180 valence electrons. The van der Waals surface area contributed by atoms with Gasteiger partial charge in [0.15, 0.2) is 0 Å². The first-order chi connectivity index (χ1) is 14.5. The van der Waals surface area contributed by atoms with Crippen molar-refractivity contribution in [1.29, 1.82) is 0 Å². The van der Waals surface area contributed by atoms with Crippen LogP contribution in [0.2, 0.25) is 0 Å². The summed E-state index contributed by atoms with van der Waals surface area (Å²) in [5.74, 6) is 0.214. The van der Waals surface area contributed by atoms with Gasteiger partial charge in [0, 0.05) is 12.6 Å². The van der Waals surface area contributed by atoms with Gasteiger partial charge >= 0.3 is 7.82 Å². The minimum Gasteiger partial charge on any atom is -0.756 e. The van der Waals surface area contributed by atoms with Gasteiger partial charge in [-0.15, -0.1) is 0 Å². The molecule has 1 saturated heterocycles. The van der Waals surface area contributed by atoms with Gasteiger partial charge in [-0.2, -0.15) is 0 Å². The average molecular weight is 516 g/mol. The lowest BCUT2D eigenvalue weighted by Gasteiger charge is -2.35. The summed E-state index contributed by atoms with van der Waals surface area (Å²) in [7, 11) is -17.3. The Hall–Kier alpha value is -1.25. The van der Waals surface area contributed by atoms with E-state index in [0.717, 1.165) is 0 Å². The normalized spacial score (nSPS) is 30.3. The van der Waals surface area contributed by atoms with E-state index in [1.807, 2.05) is 0 Å². The molecule has 3 heterocycles. The zero-order valence-electron chi connectivity index (χ0n) is 16.5. The molecule has 0 saturated carbocycles. The van der Waals surface area contributed by atoms with Crippen molar-refractivity contribution in [3.8, 4) is 0 Å². The molecular weight excluding hydrogens is 497 g/mol. The standard InChI is InChI=1S/C13H21N4O12P3/c1-12(6-26-31(22,23)29-32(24,25)28-30(19,20)21)9(18)5-13(2,27-12)17-4-3-8-10(14)15-7-16-11(8)17/h3-4,7,9,18H,5-6H2,1-2H3,(H,22,23)(H,24,25)(H2,14,15,16)(H2,19,20,21)/p-2/t9?,12-,13-/m1/s1. The van der Waals surface area contributed by atoms with Crippen molar-refractivity contribution in [3.05, 3.63) is 18.6 Å². The lowest BCUT2D eigenvalue weighted by atomic mass is 9.99. The van der Waals surface area contributed by atoms with Crippen molar-refractivity contribution in [1.82, 2.24) is 14.5 Å². The molecule has 2 aromatic rings. The second kappa shape index (κ2) is 8.20. The van der Waals surface area contributed by atoms with Crippen molar-refractivity contribution in [3.63, 3.8) is 0 Å². The zero-order valence-corrected chi connectivity index (χ0v) is 19.2. The highest BCUT2D eigenvalue weighted by molar-refractivity contribution is 7.65. The van der Waals surface area contributed by atoms with E-state index in [1.54, 1.807) is 23.8 Å². The van der Waals surface area contributed by atoms with E-state index < -0.39 is 47.5 Å². The Kier molecular flexibility index (Phi) is 6.50. The van der Waals surface area contributed by atoms with Crippen LogP contribution in [0.4, 0.5) is 5.82 Å². The molecule has 0 amide bonds. The highest BCUT2D eigenvalue weighted by Crippen LogP contribution is 2.63. The third-order valence-electron chi connectivity index (χ3n) is 4.67. The molecule has 32 heavy (non-hydrogen) atoms. The number of aliphatic hydroxyl groups excluding tert-OH is 1. The highest BCUT2D eigenvalue weighted by atomic mass is 31.3. The van der Waals surface area contributed by atoms with Crippen molar-refractivity contribution < 1.29 is 56.3 Å². The second-order valence-corrected chi connectivity index (χ2v) is 11.6. The summed E-state index contributed by atoms with van der Waals surface area (Å²) in [5, 5.41) is 11.1. The van der Waals surface area contributed by atoms with E-state index in [1.165, 1.54) is 13.3 Å². The number of hydrogen-bond acceptors (Lipinski definition) is 13. The Morgan fingerprint density at radius 1 is 1.25 bits per heavy atom. The molecule has 2 aromatic heterocycles. The molecule has 0 spiro atoms. The molecule has 3 unspecified atom stereocenters. The molecule has 19 heteroatoms. The van der Waals surface area contributed by atoms with Crippen LogP contribution in [0.25, 0.3) is 11.0 Å². The molecule has 16 nitrogen and oxygen atoms in total. The second-order valence-electron chi connectivity index (χ2n) is 7.31. The number of anilines is 1. The summed E-state index contributed by atoms with van der Waals surface area (Å²) in [6, 6.07) is 1.63. The number of aliphatic hydroxyl groups is 1. The van der Waals surface area contributed by atoms with Crippen LogP contribution in [0.3, 0.4) is 0 Å². The van der Waals surface area contributed by atoms with Crippen LogP contribution in [0, 0.1) is 0 Å². The molecule has 5 N–H and O–H groups in total. The average Bonchev–Trinajstić information content (AvgIpc) is 3.12. The highest BCUT2D eigenvalue weighted by Gasteiger charge is 2.52. The minimum absolute atomic E-state index is 0.0497. The van der Waals surface area contributed by atoms with Gasteiger partial charge in [0.2, 0.25) is 0 Å². The maximum atomic E-state index is 11.8. The quantitative estimate of drug-likeness (QED) is 0.317. The molecule has 1 fully saturated rings. The van der Waals surface area contributed by atoms with Crippen LogP contribution in [-0.2, 0) is 37.3 Å². The molecule has 0 bridgehead atoms. The topological polar surface area (TPSA) is 252 Å². The Morgan fingerprint density at radius 3 is 2.53 bits per heavy atom. The van der Waals surface area contributed by atoms with Gasteiger partial charge in [0.05, 0.1) is 18.1 Å². The Morgan fingerprint density at radius 2 is 1.91 bits per heavy atom. The lowest BCUT2D eigenvalue weighted by molar-refractivity contribution is -0.245. The zero-order chi connectivity index (χ0) is 24.2. The van der Waals surface area contributed by atoms with Crippen molar-refractivity contribution >= 4 is 40.3 Å². The number of nitrogens with two attached hydrogens (primary N) is 1. The summed E-state index contributed by atoms with van der Waals surface area (Å²) in [5.41, 5.74) is 3.28. The first kappa shape index (κ1) is 25.4. The molecule has 0 radical (unpaired) electrons. The van der Waals surface area contributed by atoms with Gasteiger partial charge in [0.1, 0.15) is 29.1 Å². The number of hydrogen-bond donors (Lipinski definition) is 4. The van der Waals surface area contributed by atoms with Crippen LogP contribution in [0.15, 0.2) is 18.6 Å². The third-order valence-corrected chi connectivity index (χ3v) is 8.36. The van der Waals surface area contributed by atoms with Crippen LogP contribution in [0.5, 0.6) is 0 Å². The van der Waals surface area contributed by atoms with Gasteiger partial charge in [-0.3, -0.25) is 9.13 Å². The summed E-state index contributed by atoms with van der Waals surface area (Å²) in [4.78, 5) is 48.2. The van der Waals surface area contributed by atoms with Gasteiger partial charge in [-0.05, 0) is 19.9 Å². The Balaban J connectivity index is 1.76. The first-order valence-electron chi connectivity index (χ1n) is 8.66. The Labute approximate surface area is 180 Å². The number of rotatable bonds is 8. The number of ether oxygens (including phenoxy) is 1. The molecule has 0 aromatic carbocycles. The largest absolute Gasteiger partial charge is 0.756 e. The Bertz CT molecular complexity index is 1170.